The van der Waals surface area contributed by atoms with Gasteiger partial charge in [0.05, 0.1) is 4.08 Å². The van der Waals surface area contributed by atoms with Crippen molar-refractivity contribution in [3.63, 3.8) is 0 Å². The number of hydrogen-bond donors (Lipinski definition) is 0. The van der Waals surface area contributed by atoms with Crippen molar-refractivity contribution in [2.24, 2.45) is 0 Å². The molecule has 0 nitrogen and oxygen atoms in total. The lowest BCUT2D eigenvalue weighted by atomic mass is 10.00. The molecule has 1 aliphatic rings. The molecular formula is C14H28S2. The fourth-order valence-electron chi connectivity index (χ4n) is 2.23. The van der Waals surface area contributed by atoms with Gasteiger partial charge in [-0.15, -0.1) is 23.5 Å². The number of unbranched alkanes of at least 4 members (excludes halogenated alkanes) is 2. The third kappa shape index (κ3) is 5.35. The Hall–Kier alpha value is 0.700. The zero-order chi connectivity index (χ0) is 11.7. The standard InChI is InChI=1S/C14H28S2/c1-3-5-12-15-14(16-13-6-4-2)10-8-7-9-11-14/h3-13H2,1-2H3. The van der Waals surface area contributed by atoms with Crippen molar-refractivity contribution >= 4 is 23.5 Å². The predicted molar refractivity (Wildman–Crippen MR) is 80.5 cm³/mol. The molecule has 0 aromatic rings. The molecule has 0 amide bonds. The molecule has 0 aromatic heterocycles. The molecule has 2 heteroatoms. The van der Waals surface area contributed by atoms with Crippen LogP contribution in [-0.2, 0) is 0 Å². The van der Waals surface area contributed by atoms with Crippen molar-refractivity contribution in [3.05, 3.63) is 0 Å². The van der Waals surface area contributed by atoms with Crippen LogP contribution in [0.15, 0.2) is 0 Å². The van der Waals surface area contributed by atoms with Gasteiger partial charge in [0.2, 0.25) is 0 Å². The summed E-state index contributed by atoms with van der Waals surface area (Å²) in [6.07, 6.45) is 12.9. The summed E-state index contributed by atoms with van der Waals surface area (Å²) in [6, 6.07) is 0. The zero-order valence-corrected chi connectivity index (χ0v) is 12.7. The molecular weight excluding hydrogens is 232 g/mol. The summed E-state index contributed by atoms with van der Waals surface area (Å²) in [5.74, 6) is 2.77. The summed E-state index contributed by atoms with van der Waals surface area (Å²) < 4.78 is 0.614. The molecule has 0 saturated heterocycles. The quantitative estimate of drug-likeness (QED) is 0.405. The van der Waals surface area contributed by atoms with E-state index in [1.54, 1.807) is 0 Å². The SMILES string of the molecule is CCCCSC1(SCCCC)CCCCC1. The molecule has 1 rings (SSSR count). The van der Waals surface area contributed by atoms with E-state index in [1.807, 2.05) is 0 Å². The molecule has 0 radical (unpaired) electrons. The molecule has 0 N–H and O–H groups in total. The van der Waals surface area contributed by atoms with Crippen molar-refractivity contribution in [1.29, 1.82) is 0 Å². The highest BCUT2D eigenvalue weighted by Gasteiger charge is 2.32. The molecule has 0 spiro atoms. The highest BCUT2D eigenvalue weighted by atomic mass is 32.2. The summed E-state index contributed by atoms with van der Waals surface area (Å²) in [4.78, 5) is 0. The van der Waals surface area contributed by atoms with Crippen molar-refractivity contribution in [2.75, 3.05) is 11.5 Å². The van der Waals surface area contributed by atoms with E-state index < -0.39 is 0 Å². The molecule has 0 heterocycles. The summed E-state index contributed by atoms with van der Waals surface area (Å²) in [5, 5.41) is 0. The van der Waals surface area contributed by atoms with E-state index in [0.717, 1.165) is 0 Å². The minimum absolute atomic E-state index is 0.614. The van der Waals surface area contributed by atoms with E-state index in [4.69, 9.17) is 0 Å². The third-order valence-corrected chi connectivity index (χ3v) is 6.90. The van der Waals surface area contributed by atoms with Gasteiger partial charge in [-0.2, -0.15) is 0 Å². The summed E-state index contributed by atoms with van der Waals surface area (Å²) in [6.45, 7) is 4.61. The Morgan fingerprint density at radius 2 is 1.31 bits per heavy atom. The van der Waals surface area contributed by atoms with Gasteiger partial charge in [-0.05, 0) is 37.2 Å². The molecule has 0 aliphatic heterocycles. The molecule has 1 aliphatic carbocycles. The predicted octanol–water partition coefficient (Wildman–Crippen LogP) is 5.71. The first-order chi connectivity index (χ1) is 7.83. The minimum atomic E-state index is 0.614. The average Bonchev–Trinajstić information content (AvgIpc) is 2.31. The van der Waals surface area contributed by atoms with Gasteiger partial charge in [0, 0.05) is 0 Å². The number of hydrogen-bond acceptors (Lipinski definition) is 2. The van der Waals surface area contributed by atoms with Crippen LogP contribution < -0.4 is 0 Å². The van der Waals surface area contributed by atoms with Crippen molar-refractivity contribution in [3.8, 4) is 0 Å². The molecule has 0 atom stereocenters. The minimum Gasteiger partial charge on any atom is -0.144 e. The number of thioether (sulfide) groups is 2. The zero-order valence-electron chi connectivity index (χ0n) is 11.1. The van der Waals surface area contributed by atoms with Crippen molar-refractivity contribution < 1.29 is 0 Å². The Morgan fingerprint density at radius 1 is 0.812 bits per heavy atom. The largest absolute Gasteiger partial charge is 0.144 e. The normalized spacial score (nSPS) is 19.9. The maximum atomic E-state index is 2.30. The van der Waals surface area contributed by atoms with Crippen molar-refractivity contribution in [2.45, 2.75) is 75.7 Å². The first kappa shape index (κ1) is 14.8. The average molecular weight is 261 g/mol. The Morgan fingerprint density at radius 3 is 1.75 bits per heavy atom. The lowest BCUT2D eigenvalue weighted by Gasteiger charge is -2.36. The second-order valence-electron chi connectivity index (χ2n) is 4.88. The van der Waals surface area contributed by atoms with Crippen LogP contribution in [0.3, 0.4) is 0 Å². The molecule has 1 saturated carbocycles. The molecule has 96 valence electrons. The van der Waals surface area contributed by atoms with E-state index in [-0.39, 0.29) is 0 Å². The summed E-state index contributed by atoms with van der Waals surface area (Å²) >= 11 is 4.57. The van der Waals surface area contributed by atoms with Crippen molar-refractivity contribution in [1.82, 2.24) is 0 Å². The van der Waals surface area contributed by atoms with Crippen LogP contribution in [0.25, 0.3) is 0 Å². The third-order valence-electron chi connectivity index (χ3n) is 3.34. The smallest absolute Gasteiger partial charge is 0.0611 e. The van der Waals surface area contributed by atoms with Gasteiger partial charge in [-0.3, -0.25) is 0 Å². The van der Waals surface area contributed by atoms with Gasteiger partial charge in [0.15, 0.2) is 0 Å². The first-order valence-corrected chi connectivity index (χ1v) is 9.08. The van der Waals surface area contributed by atoms with Crippen LogP contribution in [0.2, 0.25) is 0 Å². The maximum absolute atomic E-state index is 2.30. The van der Waals surface area contributed by atoms with Crippen LogP contribution in [0.1, 0.15) is 71.6 Å². The molecule has 0 unspecified atom stereocenters. The van der Waals surface area contributed by atoms with Gasteiger partial charge in [-0.1, -0.05) is 46.0 Å². The molecule has 0 bridgehead atoms. The van der Waals surface area contributed by atoms with Gasteiger partial charge in [0.25, 0.3) is 0 Å². The van der Waals surface area contributed by atoms with Gasteiger partial charge in [0.1, 0.15) is 0 Å². The van der Waals surface area contributed by atoms with Crippen LogP contribution >= 0.6 is 23.5 Å². The Kier molecular flexibility index (Phi) is 8.06. The Labute approximate surface area is 111 Å². The van der Waals surface area contributed by atoms with Gasteiger partial charge < -0.3 is 0 Å². The second-order valence-corrected chi connectivity index (χ2v) is 8.09. The fourth-order valence-corrected chi connectivity index (χ4v) is 5.82. The lowest BCUT2D eigenvalue weighted by Crippen LogP contribution is -2.24. The number of rotatable bonds is 8. The Bertz CT molecular complexity index is 150. The maximum Gasteiger partial charge on any atom is 0.0611 e. The molecule has 0 aromatic carbocycles. The van der Waals surface area contributed by atoms with Crippen LogP contribution in [-0.4, -0.2) is 15.6 Å². The fraction of sp³-hybridized carbons (Fsp3) is 1.00. The highest BCUT2D eigenvalue weighted by molar-refractivity contribution is 8.18. The lowest BCUT2D eigenvalue weighted by molar-refractivity contribution is 0.490. The highest BCUT2D eigenvalue weighted by Crippen LogP contribution is 2.48. The molecule has 1 fully saturated rings. The van der Waals surface area contributed by atoms with E-state index in [1.165, 1.54) is 69.3 Å². The molecule has 16 heavy (non-hydrogen) atoms. The van der Waals surface area contributed by atoms with E-state index in [2.05, 4.69) is 37.4 Å². The Balaban J connectivity index is 2.33. The van der Waals surface area contributed by atoms with Gasteiger partial charge >= 0.3 is 0 Å². The van der Waals surface area contributed by atoms with Crippen LogP contribution in [0.5, 0.6) is 0 Å². The topological polar surface area (TPSA) is 0 Å². The van der Waals surface area contributed by atoms with E-state index in [9.17, 15) is 0 Å². The van der Waals surface area contributed by atoms with Gasteiger partial charge in [-0.25, -0.2) is 0 Å². The van der Waals surface area contributed by atoms with E-state index in [0.29, 0.717) is 4.08 Å². The van der Waals surface area contributed by atoms with Crippen LogP contribution in [0, 0.1) is 0 Å². The summed E-state index contributed by atoms with van der Waals surface area (Å²) in [5.41, 5.74) is 0. The summed E-state index contributed by atoms with van der Waals surface area (Å²) in [7, 11) is 0. The van der Waals surface area contributed by atoms with Crippen LogP contribution in [0.4, 0.5) is 0 Å². The first-order valence-electron chi connectivity index (χ1n) is 7.11. The monoisotopic (exact) mass is 260 g/mol. The second kappa shape index (κ2) is 8.74. The van der Waals surface area contributed by atoms with E-state index >= 15 is 0 Å².